The molecule has 0 unspecified atom stereocenters. The number of fused-ring (bicyclic) bond motifs is 1. The topological polar surface area (TPSA) is 56.5 Å². The normalized spacial score (nSPS) is 10.6. The van der Waals surface area contributed by atoms with Gasteiger partial charge in [0, 0.05) is 27.1 Å². The van der Waals surface area contributed by atoms with Gasteiger partial charge in [-0.2, -0.15) is 0 Å². The number of halogens is 1. The standard InChI is InChI=1S/C17H11BrO4/c18-13-3-6-16-15(8-13)12(7-17(20)22-16)10-21-14-4-1-11(9-19)2-5-14/h1-9H,10H2. The highest BCUT2D eigenvalue weighted by molar-refractivity contribution is 9.10. The third-order valence-corrected chi connectivity index (χ3v) is 3.69. The van der Waals surface area contributed by atoms with Crippen molar-refractivity contribution < 1.29 is 13.9 Å². The molecule has 0 aliphatic rings. The van der Waals surface area contributed by atoms with Crippen molar-refractivity contribution in [2.45, 2.75) is 6.61 Å². The summed E-state index contributed by atoms with van der Waals surface area (Å²) in [6.07, 6.45) is 0.775. The molecule has 4 nitrogen and oxygen atoms in total. The third-order valence-electron chi connectivity index (χ3n) is 3.20. The molecule has 5 heteroatoms. The fraction of sp³-hybridized carbons (Fsp3) is 0.0588. The van der Waals surface area contributed by atoms with Crippen molar-refractivity contribution in [3.63, 3.8) is 0 Å². The Bertz CT molecular complexity index is 881. The highest BCUT2D eigenvalue weighted by Gasteiger charge is 2.07. The highest BCUT2D eigenvalue weighted by atomic mass is 79.9. The summed E-state index contributed by atoms with van der Waals surface area (Å²) in [5, 5.41) is 0.818. The van der Waals surface area contributed by atoms with Gasteiger partial charge in [0.05, 0.1) is 0 Å². The van der Waals surface area contributed by atoms with Gasteiger partial charge in [-0.1, -0.05) is 15.9 Å². The molecule has 0 aliphatic carbocycles. The van der Waals surface area contributed by atoms with E-state index >= 15 is 0 Å². The fourth-order valence-electron chi connectivity index (χ4n) is 2.12. The molecule has 0 N–H and O–H groups in total. The summed E-state index contributed by atoms with van der Waals surface area (Å²) in [5.41, 5.74) is 1.43. The van der Waals surface area contributed by atoms with E-state index < -0.39 is 5.63 Å². The maximum absolute atomic E-state index is 11.6. The number of aldehydes is 1. The molecule has 0 aliphatic heterocycles. The molecule has 0 radical (unpaired) electrons. The van der Waals surface area contributed by atoms with E-state index in [-0.39, 0.29) is 6.61 Å². The Morgan fingerprint density at radius 1 is 1.09 bits per heavy atom. The number of carbonyl (C=O) groups is 1. The van der Waals surface area contributed by atoms with Crippen LogP contribution >= 0.6 is 15.9 Å². The van der Waals surface area contributed by atoms with Crippen molar-refractivity contribution in [2.75, 3.05) is 0 Å². The van der Waals surface area contributed by atoms with Crippen LogP contribution in [0.2, 0.25) is 0 Å². The zero-order chi connectivity index (χ0) is 15.5. The lowest BCUT2D eigenvalue weighted by atomic mass is 10.1. The highest BCUT2D eigenvalue weighted by Crippen LogP contribution is 2.23. The van der Waals surface area contributed by atoms with Gasteiger partial charge in [-0.3, -0.25) is 4.79 Å². The number of carbonyl (C=O) groups excluding carboxylic acids is 1. The first-order valence-electron chi connectivity index (χ1n) is 6.56. The van der Waals surface area contributed by atoms with Crippen molar-refractivity contribution in [2.24, 2.45) is 0 Å². The second-order valence-corrected chi connectivity index (χ2v) is 5.62. The molecule has 110 valence electrons. The van der Waals surface area contributed by atoms with Crippen LogP contribution in [0.5, 0.6) is 5.75 Å². The van der Waals surface area contributed by atoms with Gasteiger partial charge in [-0.05, 0) is 42.5 Å². The summed E-state index contributed by atoms with van der Waals surface area (Å²) in [4.78, 5) is 22.2. The molecule has 0 spiro atoms. The van der Waals surface area contributed by atoms with Crippen molar-refractivity contribution in [1.29, 1.82) is 0 Å². The molecular weight excluding hydrogens is 348 g/mol. The number of hydrogen-bond donors (Lipinski definition) is 0. The van der Waals surface area contributed by atoms with E-state index in [1.54, 1.807) is 30.3 Å². The van der Waals surface area contributed by atoms with E-state index in [2.05, 4.69) is 15.9 Å². The van der Waals surface area contributed by atoms with Gasteiger partial charge in [0.15, 0.2) is 0 Å². The Hall–Kier alpha value is -2.40. The molecule has 0 amide bonds. The van der Waals surface area contributed by atoms with Crippen LogP contribution in [0, 0.1) is 0 Å². The van der Waals surface area contributed by atoms with E-state index in [1.807, 2.05) is 12.1 Å². The van der Waals surface area contributed by atoms with Crippen LogP contribution in [0.1, 0.15) is 15.9 Å². The predicted octanol–water partition coefficient (Wildman–Crippen LogP) is 3.95. The van der Waals surface area contributed by atoms with Crippen LogP contribution in [0.3, 0.4) is 0 Å². The lowest BCUT2D eigenvalue weighted by Gasteiger charge is -2.08. The lowest BCUT2D eigenvalue weighted by Crippen LogP contribution is -2.04. The van der Waals surface area contributed by atoms with Crippen molar-refractivity contribution >= 4 is 33.2 Å². The van der Waals surface area contributed by atoms with Crippen molar-refractivity contribution in [3.05, 3.63) is 74.6 Å². The van der Waals surface area contributed by atoms with Gasteiger partial charge in [-0.25, -0.2) is 4.79 Å². The Labute approximate surface area is 134 Å². The van der Waals surface area contributed by atoms with Crippen molar-refractivity contribution in [1.82, 2.24) is 0 Å². The predicted molar refractivity (Wildman–Crippen MR) is 86.3 cm³/mol. The van der Waals surface area contributed by atoms with Crippen LogP contribution in [0.4, 0.5) is 0 Å². The second-order valence-electron chi connectivity index (χ2n) is 4.71. The second kappa shape index (κ2) is 6.15. The molecule has 1 heterocycles. The molecule has 22 heavy (non-hydrogen) atoms. The molecule has 0 bridgehead atoms. The number of ether oxygens (including phenoxy) is 1. The molecule has 0 saturated heterocycles. The lowest BCUT2D eigenvalue weighted by molar-refractivity contribution is 0.112. The average Bonchev–Trinajstić information content (AvgIpc) is 2.53. The first-order chi connectivity index (χ1) is 10.7. The summed E-state index contributed by atoms with van der Waals surface area (Å²) in [6.45, 7) is 0.235. The van der Waals surface area contributed by atoms with Crippen LogP contribution < -0.4 is 10.4 Å². The van der Waals surface area contributed by atoms with E-state index in [0.29, 0.717) is 16.9 Å². The largest absolute Gasteiger partial charge is 0.489 e. The summed E-state index contributed by atoms with van der Waals surface area (Å²) in [7, 11) is 0. The number of rotatable bonds is 4. The number of benzene rings is 2. The zero-order valence-electron chi connectivity index (χ0n) is 11.4. The van der Waals surface area contributed by atoms with Gasteiger partial charge in [0.2, 0.25) is 0 Å². The van der Waals surface area contributed by atoms with E-state index in [9.17, 15) is 9.59 Å². The molecule has 1 aromatic heterocycles. The van der Waals surface area contributed by atoms with Crippen LogP contribution in [-0.4, -0.2) is 6.29 Å². The van der Waals surface area contributed by atoms with E-state index in [4.69, 9.17) is 9.15 Å². The Kier molecular flexibility index (Phi) is 4.06. The number of hydrogen-bond acceptors (Lipinski definition) is 4. The average molecular weight is 359 g/mol. The first-order valence-corrected chi connectivity index (χ1v) is 7.35. The van der Waals surface area contributed by atoms with Crippen LogP contribution in [0.25, 0.3) is 11.0 Å². The van der Waals surface area contributed by atoms with Gasteiger partial charge >= 0.3 is 5.63 Å². The molecule has 2 aromatic carbocycles. The molecule has 3 aromatic rings. The minimum absolute atomic E-state index is 0.235. The molecule has 0 saturated carbocycles. The van der Waals surface area contributed by atoms with Gasteiger partial charge in [0.1, 0.15) is 24.2 Å². The monoisotopic (exact) mass is 358 g/mol. The minimum Gasteiger partial charge on any atom is -0.489 e. The van der Waals surface area contributed by atoms with Gasteiger partial charge in [-0.15, -0.1) is 0 Å². The van der Waals surface area contributed by atoms with Gasteiger partial charge < -0.3 is 9.15 Å². The smallest absolute Gasteiger partial charge is 0.336 e. The fourth-order valence-corrected chi connectivity index (χ4v) is 2.48. The maximum Gasteiger partial charge on any atom is 0.336 e. The van der Waals surface area contributed by atoms with Crippen LogP contribution in [-0.2, 0) is 6.61 Å². The minimum atomic E-state index is -0.412. The maximum atomic E-state index is 11.6. The molecule has 0 fully saturated rings. The molecular formula is C17H11BrO4. The molecule has 3 rings (SSSR count). The summed E-state index contributed by atoms with van der Waals surface area (Å²) < 4.78 is 11.7. The zero-order valence-corrected chi connectivity index (χ0v) is 13.0. The quantitative estimate of drug-likeness (QED) is 0.523. The van der Waals surface area contributed by atoms with Crippen molar-refractivity contribution in [3.8, 4) is 5.75 Å². The first kappa shape index (κ1) is 14.5. The summed E-state index contributed by atoms with van der Waals surface area (Å²) in [5.74, 6) is 0.627. The summed E-state index contributed by atoms with van der Waals surface area (Å²) in [6, 6.07) is 13.6. The summed E-state index contributed by atoms with van der Waals surface area (Å²) >= 11 is 3.40. The molecule has 0 atom stereocenters. The Morgan fingerprint density at radius 2 is 1.86 bits per heavy atom. The van der Waals surface area contributed by atoms with E-state index in [0.717, 1.165) is 21.7 Å². The van der Waals surface area contributed by atoms with E-state index in [1.165, 1.54) is 6.07 Å². The Morgan fingerprint density at radius 3 is 2.59 bits per heavy atom. The van der Waals surface area contributed by atoms with Gasteiger partial charge in [0.25, 0.3) is 0 Å². The SMILES string of the molecule is O=Cc1ccc(OCc2cc(=O)oc3ccc(Br)cc23)cc1. The van der Waals surface area contributed by atoms with Crippen LogP contribution in [0.15, 0.2) is 62.2 Å². The Balaban J connectivity index is 1.90. The third kappa shape index (κ3) is 3.09.